The maximum Gasteiger partial charge on any atom is 0.259 e. The smallest absolute Gasteiger partial charge is 0.259 e. The zero-order valence-electron chi connectivity index (χ0n) is 9.58. The van der Waals surface area contributed by atoms with E-state index in [-0.39, 0.29) is 15.6 Å². The Morgan fingerprint density at radius 1 is 1.00 bits per heavy atom. The number of nitrogen functional groups attached to an aromatic ring is 1. The maximum atomic E-state index is 12.1. The fraction of sp³-hybridized carbons (Fsp3) is 0. The van der Waals surface area contributed by atoms with E-state index in [2.05, 4.69) is 5.32 Å². The molecule has 0 radical (unpaired) electrons. The first-order valence-electron chi connectivity index (χ1n) is 5.30. The summed E-state index contributed by atoms with van der Waals surface area (Å²) in [6.45, 7) is 0. The number of hydrogen-bond donors (Lipinski definition) is 2. The van der Waals surface area contributed by atoms with E-state index < -0.39 is 5.91 Å². The summed E-state index contributed by atoms with van der Waals surface area (Å²) in [5.41, 5.74) is 6.64. The van der Waals surface area contributed by atoms with Crippen LogP contribution in [0.3, 0.4) is 0 Å². The Balaban J connectivity index is 2.34. The van der Waals surface area contributed by atoms with Gasteiger partial charge < -0.3 is 11.1 Å². The van der Waals surface area contributed by atoms with Crippen LogP contribution in [0.4, 0.5) is 11.4 Å². The predicted molar refractivity (Wildman–Crippen MR) is 80.3 cm³/mol. The second-order valence-electron chi connectivity index (χ2n) is 3.76. The van der Waals surface area contributed by atoms with E-state index in [4.69, 9.17) is 40.5 Å². The van der Waals surface area contributed by atoms with Gasteiger partial charge >= 0.3 is 0 Å². The number of hydrogen-bond acceptors (Lipinski definition) is 2. The molecule has 2 aromatic carbocycles. The molecule has 0 bridgehead atoms. The van der Waals surface area contributed by atoms with Crippen LogP contribution in [-0.4, -0.2) is 5.91 Å². The molecule has 0 aromatic heterocycles. The molecule has 0 saturated carbocycles. The third-order valence-electron chi connectivity index (χ3n) is 2.47. The number of nitrogens with two attached hydrogens (primary N) is 1. The fourth-order valence-electron chi connectivity index (χ4n) is 1.57. The highest BCUT2D eigenvalue weighted by Gasteiger charge is 2.15. The van der Waals surface area contributed by atoms with Gasteiger partial charge in [0, 0.05) is 5.69 Å². The number of nitrogens with one attached hydrogen (secondary N) is 1. The summed E-state index contributed by atoms with van der Waals surface area (Å²) >= 11 is 17.8. The minimum atomic E-state index is -0.438. The van der Waals surface area contributed by atoms with Crippen molar-refractivity contribution in [3.8, 4) is 0 Å². The number of carbonyl (C=O) groups is 1. The predicted octanol–water partition coefficient (Wildman–Crippen LogP) is 4.48. The first-order chi connectivity index (χ1) is 9.00. The molecular weight excluding hydrogens is 307 g/mol. The Bertz CT molecular complexity index is 624. The highest BCUT2D eigenvalue weighted by molar-refractivity contribution is 6.44. The van der Waals surface area contributed by atoms with Gasteiger partial charge in [-0.15, -0.1) is 0 Å². The molecule has 3 N–H and O–H groups in total. The zero-order chi connectivity index (χ0) is 14.0. The second kappa shape index (κ2) is 5.70. The molecule has 0 unspecified atom stereocenters. The van der Waals surface area contributed by atoms with Gasteiger partial charge in [0.25, 0.3) is 5.91 Å². The lowest BCUT2D eigenvalue weighted by Crippen LogP contribution is -2.15. The standard InChI is InChI=1S/C13H9Cl3N2O/c14-7-3-1-5-9(17)11(7)13(19)18-10-6-2-4-8(15)12(10)16/h1-6H,17H2,(H,18,19). The summed E-state index contributed by atoms with van der Waals surface area (Å²) in [6, 6.07) is 9.80. The topological polar surface area (TPSA) is 55.1 Å². The van der Waals surface area contributed by atoms with Gasteiger partial charge in [-0.25, -0.2) is 0 Å². The summed E-state index contributed by atoms with van der Waals surface area (Å²) in [5, 5.41) is 3.52. The molecule has 1 amide bonds. The number of carbonyl (C=O) groups excluding carboxylic acids is 1. The van der Waals surface area contributed by atoms with Crippen LogP contribution in [0, 0.1) is 0 Å². The summed E-state index contributed by atoms with van der Waals surface area (Å²) in [7, 11) is 0. The Morgan fingerprint density at radius 2 is 1.63 bits per heavy atom. The Hall–Kier alpha value is -1.42. The normalized spacial score (nSPS) is 10.3. The number of benzene rings is 2. The Morgan fingerprint density at radius 3 is 2.32 bits per heavy atom. The molecule has 98 valence electrons. The van der Waals surface area contributed by atoms with Gasteiger partial charge in [-0.3, -0.25) is 4.79 Å². The molecule has 0 heterocycles. The first kappa shape index (κ1) is 14.0. The third-order valence-corrected chi connectivity index (χ3v) is 3.61. The van der Waals surface area contributed by atoms with Crippen LogP contribution in [-0.2, 0) is 0 Å². The van der Waals surface area contributed by atoms with Gasteiger partial charge in [-0.05, 0) is 24.3 Å². The fourth-order valence-corrected chi connectivity index (χ4v) is 2.18. The minimum Gasteiger partial charge on any atom is -0.398 e. The molecule has 6 heteroatoms. The van der Waals surface area contributed by atoms with Crippen molar-refractivity contribution in [3.63, 3.8) is 0 Å². The molecule has 0 saturated heterocycles. The molecule has 0 atom stereocenters. The molecule has 0 aliphatic heterocycles. The van der Waals surface area contributed by atoms with E-state index in [0.29, 0.717) is 16.4 Å². The van der Waals surface area contributed by atoms with Gasteiger partial charge in [0.15, 0.2) is 0 Å². The van der Waals surface area contributed by atoms with Crippen molar-refractivity contribution in [1.29, 1.82) is 0 Å². The van der Waals surface area contributed by atoms with Crippen LogP contribution < -0.4 is 11.1 Å². The lowest BCUT2D eigenvalue weighted by atomic mass is 10.1. The molecule has 0 fully saturated rings. The van der Waals surface area contributed by atoms with Crippen molar-refractivity contribution in [1.82, 2.24) is 0 Å². The van der Waals surface area contributed by atoms with Crippen molar-refractivity contribution >= 4 is 52.1 Å². The van der Waals surface area contributed by atoms with Crippen LogP contribution in [0.25, 0.3) is 0 Å². The first-order valence-corrected chi connectivity index (χ1v) is 6.43. The molecular formula is C13H9Cl3N2O. The monoisotopic (exact) mass is 314 g/mol. The number of amides is 1. The zero-order valence-corrected chi connectivity index (χ0v) is 11.9. The van der Waals surface area contributed by atoms with Crippen LogP contribution >= 0.6 is 34.8 Å². The van der Waals surface area contributed by atoms with E-state index in [1.165, 1.54) is 0 Å². The Labute approximate surface area is 125 Å². The van der Waals surface area contributed by atoms with Crippen molar-refractivity contribution in [3.05, 3.63) is 57.0 Å². The largest absolute Gasteiger partial charge is 0.398 e. The van der Waals surface area contributed by atoms with Crippen LogP contribution in [0.5, 0.6) is 0 Å². The van der Waals surface area contributed by atoms with Crippen LogP contribution in [0.2, 0.25) is 15.1 Å². The highest BCUT2D eigenvalue weighted by Crippen LogP contribution is 2.31. The second-order valence-corrected chi connectivity index (χ2v) is 4.95. The van der Waals surface area contributed by atoms with Crippen LogP contribution in [0.1, 0.15) is 10.4 Å². The summed E-state index contributed by atoms with van der Waals surface area (Å²) < 4.78 is 0. The lowest BCUT2D eigenvalue weighted by molar-refractivity contribution is 0.102. The summed E-state index contributed by atoms with van der Waals surface area (Å²) in [5.74, 6) is -0.438. The Kier molecular flexibility index (Phi) is 4.20. The van der Waals surface area contributed by atoms with E-state index in [9.17, 15) is 4.79 Å². The van der Waals surface area contributed by atoms with Crippen molar-refractivity contribution in [2.75, 3.05) is 11.1 Å². The van der Waals surface area contributed by atoms with Crippen molar-refractivity contribution < 1.29 is 4.79 Å². The molecule has 19 heavy (non-hydrogen) atoms. The molecule has 3 nitrogen and oxygen atoms in total. The molecule has 0 aliphatic rings. The van der Waals surface area contributed by atoms with Gasteiger partial charge in [-0.2, -0.15) is 0 Å². The van der Waals surface area contributed by atoms with E-state index in [1.54, 1.807) is 36.4 Å². The highest BCUT2D eigenvalue weighted by atomic mass is 35.5. The average Bonchev–Trinajstić information content (AvgIpc) is 2.35. The third kappa shape index (κ3) is 2.95. The number of anilines is 2. The van der Waals surface area contributed by atoms with Gasteiger partial charge in [0.05, 0.1) is 26.3 Å². The van der Waals surface area contributed by atoms with Crippen molar-refractivity contribution in [2.45, 2.75) is 0 Å². The number of rotatable bonds is 2. The minimum absolute atomic E-state index is 0.209. The molecule has 0 aliphatic carbocycles. The molecule has 2 aromatic rings. The van der Waals surface area contributed by atoms with Crippen LogP contribution in [0.15, 0.2) is 36.4 Å². The van der Waals surface area contributed by atoms with Crippen molar-refractivity contribution in [2.24, 2.45) is 0 Å². The average molecular weight is 316 g/mol. The quantitative estimate of drug-likeness (QED) is 0.803. The van der Waals surface area contributed by atoms with Gasteiger partial charge in [0.2, 0.25) is 0 Å². The van der Waals surface area contributed by atoms with E-state index in [0.717, 1.165) is 0 Å². The lowest BCUT2D eigenvalue weighted by Gasteiger charge is -2.10. The van der Waals surface area contributed by atoms with E-state index >= 15 is 0 Å². The maximum absolute atomic E-state index is 12.1. The molecule has 0 spiro atoms. The van der Waals surface area contributed by atoms with Gasteiger partial charge in [-0.1, -0.05) is 46.9 Å². The number of halogens is 3. The molecule has 2 rings (SSSR count). The van der Waals surface area contributed by atoms with E-state index in [1.807, 2.05) is 0 Å². The summed E-state index contributed by atoms with van der Waals surface area (Å²) in [4.78, 5) is 12.1. The summed E-state index contributed by atoms with van der Waals surface area (Å²) in [6.07, 6.45) is 0. The van der Waals surface area contributed by atoms with Gasteiger partial charge in [0.1, 0.15) is 0 Å². The SMILES string of the molecule is Nc1cccc(Cl)c1C(=O)Nc1cccc(Cl)c1Cl.